The van der Waals surface area contributed by atoms with Gasteiger partial charge in [-0.2, -0.15) is 0 Å². The van der Waals surface area contributed by atoms with Crippen molar-refractivity contribution in [2.24, 2.45) is 0 Å². The summed E-state index contributed by atoms with van der Waals surface area (Å²) in [5, 5.41) is 0. The van der Waals surface area contributed by atoms with Crippen molar-refractivity contribution < 1.29 is 0 Å². The lowest BCUT2D eigenvalue weighted by atomic mass is 10.1. The van der Waals surface area contributed by atoms with E-state index in [2.05, 4.69) is 17.8 Å². The molecule has 27 valence electrons. The summed E-state index contributed by atoms with van der Waals surface area (Å²) in [6, 6.07) is 0. The molecule has 6 heavy (non-hydrogen) atoms. The Kier molecular flexibility index (Phi) is 2.36. The summed E-state index contributed by atoms with van der Waals surface area (Å²) < 4.78 is 6.48. The van der Waals surface area contributed by atoms with Gasteiger partial charge in [0, 0.05) is 0 Å². The fourth-order valence-electron chi connectivity index (χ4n) is 0.102. The average Bonchev–Trinajstić information content (AvgIpc) is 1.69. The zero-order valence-electron chi connectivity index (χ0n) is 4.36. The predicted molar refractivity (Wildman–Crippen MR) is 28.6 cm³/mol. The van der Waals surface area contributed by atoms with Gasteiger partial charge in [-0.3, -0.25) is 0 Å². The molecule has 0 N–H and O–H groups in total. The highest BCUT2D eigenvalue weighted by Gasteiger charge is 1.52. The monoisotopic (exact) mass is 76.0 g/mol. The molecule has 1 heteroatoms. The highest BCUT2D eigenvalue weighted by molar-refractivity contribution is 6.10. The van der Waals surface area contributed by atoms with Crippen LogP contribution < -0.4 is 0 Å². The predicted octanol–water partition coefficient (Wildman–Crippen LogP) is -0.0579. The third kappa shape index (κ3) is 3.18. The van der Waals surface area contributed by atoms with Crippen LogP contribution in [0.4, 0.5) is 0 Å². The van der Waals surface area contributed by atoms with Crippen molar-refractivity contribution in [1.82, 2.24) is 0 Å². The number of terminal acetylenes is 1. The van der Waals surface area contributed by atoms with Crippen molar-refractivity contribution in [3.8, 4) is 24.2 Å². The zero-order valence-corrected chi connectivity index (χ0v) is 3.36. The summed E-state index contributed by atoms with van der Waals surface area (Å²) in [5.74, 6) is 7.07. The van der Waals surface area contributed by atoms with Gasteiger partial charge in [0.1, 0.15) is 7.81 Å². The van der Waals surface area contributed by atoms with E-state index in [1.165, 1.54) is 7.81 Å². The van der Waals surface area contributed by atoms with Gasteiger partial charge in [-0.15, -0.1) is 6.42 Å². The van der Waals surface area contributed by atoms with Crippen LogP contribution >= 0.6 is 0 Å². The Morgan fingerprint density at radius 1 is 2.00 bits per heavy atom. The third-order valence-corrected chi connectivity index (χ3v) is 0.263. The fraction of sp³-hybridized carbons (Fsp3) is 0.200. The quantitative estimate of drug-likeness (QED) is 0.303. The second-order valence-corrected chi connectivity index (χ2v) is 0.650. The van der Waals surface area contributed by atoms with Crippen LogP contribution in [0.1, 0.15) is 0 Å². The van der Waals surface area contributed by atoms with Gasteiger partial charge in [-0.1, -0.05) is 5.92 Å². The maximum Gasteiger partial charge on any atom is 0.103 e. The molecule has 0 amide bonds. The molecule has 0 heterocycles. The Morgan fingerprint density at radius 2 is 2.83 bits per heavy atom. The van der Waals surface area contributed by atoms with Gasteiger partial charge >= 0.3 is 0 Å². The minimum atomic E-state index is 0.462. The van der Waals surface area contributed by atoms with Crippen molar-refractivity contribution in [3.63, 3.8) is 0 Å². The summed E-state index contributed by atoms with van der Waals surface area (Å²) in [6.45, 7) is 0. The van der Waals surface area contributed by atoms with Gasteiger partial charge in [0.2, 0.25) is 0 Å². The number of hydrogen-bond donors (Lipinski definition) is 0. The molecule has 0 fully saturated rings. The first-order valence-electron chi connectivity index (χ1n) is 2.13. The van der Waals surface area contributed by atoms with Crippen LogP contribution in [-0.2, 0) is 0 Å². The van der Waals surface area contributed by atoms with Gasteiger partial charge < -0.3 is 0 Å². The van der Waals surface area contributed by atoms with E-state index in [9.17, 15) is 0 Å². The Hall–Kier alpha value is -0.815. The van der Waals surface area contributed by atoms with E-state index in [0.29, 0.717) is 6.32 Å². The summed E-state index contributed by atoms with van der Waals surface area (Å²) in [7, 11) is 1.21. The average molecular weight is 75.9 g/mol. The van der Waals surface area contributed by atoms with Crippen LogP contribution in [0.15, 0.2) is 0 Å². The second kappa shape index (κ2) is 4.18. The van der Waals surface area contributed by atoms with E-state index in [-0.39, 0.29) is 0 Å². The molecular formula is C5H4B. The lowest BCUT2D eigenvalue weighted by molar-refractivity contribution is 1.88. The molecule has 0 saturated carbocycles. The van der Waals surface area contributed by atoms with Gasteiger partial charge in [0.25, 0.3) is 0 Å². The molecule has 0 saturated heterocycles. The first kappa shape index (κ1) is 3.38. The molecule has 0 aliphatic carbocycles. The summed E-state index contributed by atoms with van der Waals surface area (Å²) in [6.07, 6.45) is 5.23. The lowest BCUT2D eigenvalue weighted by Gasteiger charge is -1.57. The fourth-order valence-corrected chi connectivity index (χ4v) is 0.102. The van der Waals surface area contributed by atoms with Crippen LogP contribution in [-0.4, -0.2) is 9.15 Å². The standard InChI is InChI=1S/C5H4B/c1-2-3-4-5-6/h1,6H,5H2/i6D. The minimum Gasteiger partial charge on any atom is -0.106 e. The van der Waals surface area contributed by atoms with Crippen LogP contribution in [0.5, 0.6) is 0 Å². The van der Waals surface area contributed by atoms with E-state index < -0.39 is 0 Å². The molecule has 0 bridgehead atoms. The normalized spacial score (nSPS) is 6.17. The molecule has 0 unspecified atom stereocenters. The van der Waals surface area contributed by atoms with Crippen LogP contribution in [0.25, 0.3) is 0 Å². The van der Waals surface area contributed by atoms with Crippen LogP contribution in [0.2, 0.25) is 6.32 Å². The van der Waals surface area contributed by atoms with Crippen molar-refractivity contribution in [1.29, 1.82) is 1.34 Å². The molecule has 0 aromatic carbocycles. The van der Waals surface area contributed by atoms with E-state index in [4.69, 9.17) is 7.76 Å². The smallest absolute Gasteiger partial charge is 0.103 e. The SMILES string of the molecule is [2H][B]CC#CC#C. The molecular weight excluding hydrogens is 70.9 g/mol. The van der Waals surface area contributed by atoms with Crippen LogP contribution in [0.3, 0.4) is 0 Å². The third-order valence-electron chi connectivity index (χ3n) is 0.263. The molecule has 0 aromatic heterocycles. The van der Waals surface area contributed by atoms with Crippen molar-refractivity contribution in [3.05, 3.63) is 0 Å². The lowest BCUT2D eigenvalue weighted by Crippen LogP contribution is -1.54. The highest BCUT2D eigenvalue weighted by Crippen LogP contribution is 1.58. The van der Waals surface area contributed by atoms with E-state index in [1.807, 2.05) is 0 Å². The van der Waals surface area contributed by atoms with Gasteiger partial charge in [-0.25, -0.2) is 0 Å². The van der Waals surface area contributed by atoms with Gasteiger partial charge in [-0.05, 0) is 19.5 Å². The number of hydrogen-bond acceptors (Lipinski definition) is 0. The highest BCUT2D eigenvalue weighted by atomic mass is 13.5. The van der Waals surface area contributed by atoms with Gasteiger partial charge in [0.15, 0.2) is 0 Å². The first-order valence-corrected chi connectivity index (χ1v) is 1.55. The molecule has 0 spiro atoms. The summed E-state index contributed by atoms with van der Waals surface area (Å²) in [5.41, 5.74) is 0. The van der Waals surface area contributed by atoms with Crippen molar-refractivity contribution >= 4 is 7.81 Å². The van der Waals surface area contributed by atoms with Crippen molar-refractivity contribution in [2.45, 2.75) is 6.32 Å². The molecule has 1 radical (unpaired) electrons. The Morgan fingerprint density at radius 3 is 3.33 bits per heavy atom. The Balaban J connectivity index is 3.13. The van der Waals surface area contributed by atoms with E-state index in [1.54, 1.807) is 0 Å². The maximum absolute atomic E-state index is 6.48. The minimum absolute atomic E-state index is 0.462. The molecule has 0 aliphatic rings. The molecule has 0 aliphatic heterocycles. The maximum atomic E-state index is 6.48. The van der Waals surface area contributed by atoms with Crippen LogP contribution in [0, 0.1) is 24.2 Å². The van der Waals surface area contributed by atoms with Crippen molar-refractivity contribution in [2.75, 3.05) is 0 Å². The summed E-state index contributed by atoms with van der Waals surface area (Å²) >= 11 is 0. The topological polar surface area (TPSA) is 0 Å². The molecule has 0 aromatic rings. The first-order chi connectivity index (χ1) is 3.41. The molecule has 0 rings (SSSR count). The molecule has 0 nitrogen and oxygen atoms in total. The molecule has 0 atom stereocenters. The Bertz CT molecular complexity index is 123. The largest absolute Gasteiger partial charge is 0.106 e. The Labute approximate surface area is 40.7 Å². The van der Waals surface area contributed by atoms with E-state index in [0.717, 1.165) is 0 Å². The summed E-state index contributed by atoms with van der Waals surface area (Å²) in [4.78, 5) is 0. The number of rotatable bonds is 1. The second-order valence-electron chi connectivity index (χ2n) is 0.650. The zero-order chi connectivity index (χ0) is 5.54. The van der Waals surface area contributed by atoms with E-state index >= 15 is 0 Å². The van der Waals surface area contributed by atoms with Gasteiger partial charge in [0.05, 0.1) is 0 Å².